The standard InChI is InChI=1S/C20H31N3O.2ClH/c24-20(14-19-6-5-11-21-19)22-15-17-7-9-18(10-8-17)16-23-12-3-1-2-4-13-23;;/h7-10,19,21H,1-6,11-16H2,(H,22,24);2*1H. The molecule has 6 heteroatoms. The van der Waals surface area contributed by atoms with E-state index in [1.807, 2.05) is 0 Å². The molecule has 0 aromatic heterocycles. The number of likely N-dealkylation sites (tertiary alicyclic amines) is 1. The first-order valence-corrected chi connectivity index (χ1v) is 9.60. The van der Waals surface area contributed by atoms with Gasteiger partial charge in [-0.2, -0.15) is 0 Å². The zero-order valence-corrected chi connectivity index (χ0v) is 17.2. The maximum atomic E-state index is 12.0. The van der Waals surface area contributed by atoms with Crippen molar-refractivity contribution in [2.75, 3.05) is 19.6 Å². The molecule has 2 aliphatic rings. The predicted octanol–water partition coefficient (Wildman–Crippen LogP) is 3.66. The van der Waals surface area contributed by atoms with Gasteiger partial charge in [-0.15, -0.1) is 24.8 Å². The summed E-state index contributed by atoms with van der Waals surface area (Å²) in [6.07, 6.45) is 8.35. The maximum absolute atomic E-state index is 12.0. The van der Waals surface area contributed by atoms with Crippen LogP contribution in [0.5, 0.6) is 0 Å². The molecule has 3 rings (SSSR count). The number of nitrogens with zero attached hydrogens (tertiary/aromatic N) is 1. The fraction of sp³-hybridized carbons (Fsp3) is 0.650. The molecule has 0 spiro atoms. The van der Waals surface area contributed by atoms with Crippen molar-refractivity contribution in [2.45, 2.75) is 64.1 Å². The molecule has 1 atom stereocenters. The van der Waals surface area contributed by atoms with Crippen LogP contribution in [0.15, 0.2) is 24.3 Å². The first kappa shape index (κ1) is 23.2. The van der Waals surface area contributed by atoms with Crippen LogP contribution in [0.2, 0.25) is 0 Å². The van der Waals surface area contributed by atoms with Gasteiger partial charge in [0.2, 0.25) is 5.91 Å². The number of hydrogen-bond donors (Lipinski definition) is 2. The largest absolute Gasteiger partial charge is 0.352 e. The summed E-state index contributed by atoms with van der Waals surface area (Å²) in [5, 5.41) is 6.42. The maximum Gasteiger partial charge on any atom is 0.221 e. The smallest absolute Gasteiger partial charge is 0.221 e. The van der Waals surface area contributed by atoms with Crippen LogP contribution in [0.3, 0.4) is 0 Å². The second kappa shape index (κ2) is 12.6. The van der Waals surface area contributed by atoms with Crippen LogP contribution in [0.1, 0.15) is 56.1 Å². The number of benzene rings is 1. The lowest BCUT2D eigenvalue weighted by atomic mass is 10.1. The summed E-state index contributed by atoms with van der Waals surface area (Å²) in [5.41, 5.74) is 2.56. The summed E-state index contributed by atoms with van der Waals surface area (Å²) in [4.78, 5) is 14.5. The van der Waals surface area contributed by atoms with Gasteiger partial charge in [0, 0.05) is 25.6 Å². The Bertz CT molecular complexity index is 510. The zero-order valence-electron chi connectivity index (χ0n) is 15.5. The van der Waals surface area contributed by atoms with Crippen molar-refractivity contribution in [2.24, 2.45) is 0 Å². The van der Waals surface area contributed by atoms with E-state index in [1.54, 1.807) is 0 Å². The van der Waals surface area contributed by atoms with E-state index in [2.05, 4.69) is 39.8 Å². The number of nitrogens with one attached hydrogen (secondary N) is 2. The molecule has 2 heterocycles. The number of carbonyl (C=O) groups excluding carboxylic acids is 1. The van der Waals surface area contributed by atoms with Gasteiger partial charge in [0.05, 0.1) is 0 Å². The molecule has 0 bridgehead atoms. The van der Waals surface area contributed by atoms with Gasteiger partial charge in [-0.05, 0) is 56.4 Å². The van der Waals surface area contributed by atoms with Crippen molar-refractivity contribution < 1.29 is 4.79 Å². The molecule has 2 aliphatic heterocycles. The predicted molar refractivity (Wildman–Crippen MR) is 112 cm³/mol. The summed E-state index contributed by atoms with van der Waals surface area (Å²) < 4.78 is 0. The number of hydrogen-bond acceptors (Lipinski definition) is 3. The number of halogens is 2. The van der Waals surface area contributed by atoms with Gasteiger partial charge >= 0.3 is 0 Å². The molecule has 4 nitrogen and oxygen atoms in total. The molecule has 2 saturated heterocycles. The monoisotopic (exact) mass is 401 g/mol. The third-order valence-electron chi connectivity index (χ3n) is 5.21. The lowest BCUT2D eigenvalue weighted by Crippen LogP contribution is -2.31. The first-order valence-electron chi connectivity index (χ1n) is 9.60. The Morgan fingerprint density at radius 3 is 2.27 bits per heavy atom. The number of rotatable bonds is 6. The third kappa shape index (κ3) is 7.83. The van der Waals surface area contributed by atoms with Crippen molar-refractivity contribution in [3.8, 4) is 0 Å². The van der Waals surface area contributed by atoms with E-state index < -0.39 is 0 Å². The minimum atomic E-state index is 0. The number of carbonyl (C=O) groups is 1. The van der Waals surface area contributed by atoms with Gasteiger partial charge in [-0.25, -0.2) is 0 Å². The molecular weight excluding hydrogens is 369 g/mol. The topological polar surface area (TPSA) is 44.4 Å². The third-order valence-corrected chi connectivity index (χ3v) is 5.21. The fourth-order valence-electron chi connectivity index (χ4n) is 3.74. The van der Waals surface area contributed by atoms with E-state index in [1.165, 1.54) is 56.3 Å². The van der Waals surface area contributed by atoms with Crippen LogP contribution < -0.4 is 10.6 Å². The molecule has 1 aromatic rings. The van der Waals surface area contributed by atoms with Crippen molar-refractivity contribution >= 4 is 30.7 Å². The highest BCUT2D eigenvalue weighted by Crippen LogP contribution is 2.14. The molecule has 0 aliphatic carbocycles. The highest BCUT2D eigenvalue weighted by molar-refractivity contribution is 5.85. The Morgan fingerprint density at radius 1 is 1.00 bits per heavy atom. The van der Waals surface area contributed by atoms with Gasteiger partial charge in [0.15, 0.2) is 0 Å². The average molecular weight is 402 g/mol. The van der Waals surface area contributed by atoms with Gasteiger partial charge in [-0.1, -0.05) is 37.1 Å². The molecule has 0 saturated carbocycles. The Hall–Kier alpha value is -0.810. The average Bonchev–Trinajstić information content (AvgIpc) is 2.96. The Labute approximate surface area is 170 Å². The quantitative estimate of drug-likeness (QED) is 0.763. The van der Waals surface area contributed by atoms with E-state index in [-0.39, 0.29) is 30.7 Å². The summed E-state index contributed by atoms with van der Waals surface area (Å²) in [7, 11) is 0. The summed E-state index contributed by atoms with van der Waals surface area (Å²) in [6.45, 7) is 5.20. The van der Waals surface area contributed by atoms with Crippen LogP contribution in [0.25, 0.3) is 0 Å². The van der Waals surface area contributed by atoms with Crippen LogP contribution in [-0.4, -0.2) is 36.5 Å². The van der Waals surface area contributed by atoms with Crippen molar-refractivity contribution in [3.05, 3.63) is 35.4 Å². The van der Waals surface area contributed by atoms with Gasteiger partial charge in [-0.3, -0.25) is 9.69 Å². The van der Waals surface area contributed by atoms with Crippen molar-refractivity contribution in [1.82, 2.24) is 15.5 Å². The van der Waals surface area contributed by atoms with Crippen LogP contribution in [0.4, 0.5) is 0 Å². The molecule has 1 aromatic carbocycles. The zero-order chi connectivity index (χ0) is 16.6. The number of amides is 1. The van der Waals surface area contributed by atoms with Crippen molar-refractivity contribution in [3.63, 3.8) is 0 Å². The molecule has 1 unspecified atom stereocenters. The normalized spacial score (nSPS) is 20.5. The first-order chi connectivity index (χ1) is 11.8. The second-order valence-electron chi connectivity index (χ2n) is 7.28. The molecule has 2 N–H and O–H groups in total. The molecule has 26 heavy (non-hydrogen) atoms. The van der Waals surface area contributed by atoms with Crippen LogP contribution in [-0.2, 0) is 17.9 Å². The summed E-state index contributed by atoms with van der Waals surface area (Å²) in [5.74, 6) is 0.156. The van der Waals surface area contributed by atoms with Crippen LogP contribution in [0, 0.1) is 0 Å². The lowest BCUT2D eigenvalue weighted by Gasteiger charge is -2.19. The van der Waals surface area contributed by atoms with E-state index in [9.17, 15) is 4.79 Å². The lowest BCUT2D eigenvalue weighted by molar-refractivity contribution is -0.121. The molecule has 2 fully saturated rings. The van der Waals surface area contributed by atoms with E-state index >= 15 is 0 Å². The highest BCUT2D eigenvalue weighted by atomic mass is 35.5. The SMILES string of the molecule is Cl.Cl.O=C(CC1CCCN1)NCc1ccc(CN2CCCCCC2)cc1. The van der Waals surface area contributed by atoms with Gasteiger partial charge in [0.25, 0.3) is 0 Å². The Kier molecular flexibility index (Phi) is 11.2. The molecular formula is C20H33Cl2N3O. The van der Waals surface area contributed by atoms with E-state index in [0.29, 0.717) is 19.0 Å². The molecule has 148 valence electrons. The highest BCUT2D eigenvalue weighted by Gasteiger charge is 2.17. The van der Waals surface area contributed by atoms with E-state index in [4.69, 9.17) is 0 Å². The Morgan fingerprint density at radius 2 is 1.65 bits per heavy atom. The second-order valence-corrected chi connectivity index (χ2v) is 7.28. The molecule has 1 amide bonds. The van der Waals surface area contributed by atoms with Crippen molar-refractivity contribution in [1.29, 1.82) is 0 Å². The fourth-order valence-corrected chi connectivity index (χ4v) is 3.74. The van der Waals surface area contributed by atoms with Gasteiger partial charge < -0.3 is 10.6 Å². The minimum Gasteiger partial charge on any atom is -0.352 e. The minimum absolute atomic E-state index is 0. The van der Waals surface area contributed by atoms with Crippen LogP contribution >= 0.6 is 24.8 Å². The van der Waals surface area contributed by atoms with E-state index in [0.717, 1.165) is 19.5 Å². The Balaban J connectivity index is 0.00000169. The summed E-state index contributed by atoms with van der Waals surface area (Å²) in [6, 6.07) is 9.11. The molecule has 0 radical (unpaired) electrons. The summed E-state index contributed by atoms with van der Waals surface area (Å²) >= 11 is 0. The van der Waals surface area contributed by atoms with Gasteiger partial charge in [0.1, 0.15) is 0 Å².